The highest BCUT2D eigenvalue weighted by molar-refractivity contribution is 5.61. The SMILES string of the molecule is Oc1ccc(-c2nc(-c3ccc(Oc4ccccc4)cc3)no2)cc1F. The Bertz CT molecular complexity index is 1030. The van der Waals surface area contributed by atoms with Crippen molar-refractivity contribution in [2.24, 2.45) is 0 Å². The zero-order chi connectivity index (χ0) is 17.9. The van der Waals surface area contributed by atoms with Gasteiger partial charge in [0.25, 0.3) is 5.89 Å². The number of phenolic OH excluding ortho intramolecular Hbond substituents is 1. The van der Waals surface area contributed by atoms with Crippen LogP contribution in [-0.2, 0) is 0 Å². The van der Waals surface area contributed by atoms with Crippen molar-refractivity contribution in [1.29, 1.82) is 0 Å². The fraction of sp³-hybridized carbons (Fsp3) is 0. The lowest BCUT2D eigenvalue weighted by Gasteiger charge is -2.05. The minimum Gasteiger partial charge on any atom is -0.505 e. The van der Waals surface area contributed by atoms with Crippen LogP contribution in [0.15, 0.2) is 77.3 Å². The first-order chi connectivity index (χ1) is 12.7. The van der Waals surface area contributed by atoms with Gasteiger partial charge in [-0.25, -0.2) is 4.39 Å². The second-order valence-electron chi connectivity index (χ2n) is 5.53. The highest BCUT2D eigenvalue weighted by Gasteiger charge is 2.12. The van der Waals surface area contributed by atoms with Gasteiger partial charge in [0, 0.05) is 11.1 Å². The van der Waals surface area contributed by atoms with E-state index in [1.165, 1.54) is 12.1 Å². The summed E-state index contributed by atoms with van der Waals surface area (Å²) in [5.74, 6) is 0.802. The standard InChI is InChI=1S/C20H13FN2O3/c21-17-12-14(8-11-18(17)24)20-22-19(23-26-20)13-6-9-16(10-7-13)25-15-4-2-1-3-5-15/h1-12,24H. The van der Waals surface area contributed by atoms with Gasteiger partial charge in [0.2, 0.25) is 5.82 Å². The van der Waals surface area contributed by atoms with Crippen molar-refractivity contribution < 1.29 is 18.8 Å². The molecule has 4 rings (SSSR count). The fourth-order valence-corrected chi connectivity index (χ4v) is 2.39. The van der Waals surface area contributed by atoms with Gasteiger partial charge in [0.1, 0.15) is 11.5 Å². The maximum Gasteiger partial charge on any atom is 0.258 e. The Hall–Kier alpha value is -3.67. The molecule has 128 valence electrons. The number of ether oxygens (including phenoxy) is 1. The average molecular weight is 348 g/mol. The zero-order valence-electron chi connectivity index (χ0n) is 13.5. The summed E-state index contributed by atoms with van der Waals surface area (Å²) in [5.41, 5.74) is 1.13. The summed E-state index contributed by atoms with van der Waals surface area (Å²) in [6.07, 6.45) is 0. The van der Waals surface area contributed by atoms with Crippen LogP contribution in [0.25, 0.3) is 22.8 Å². The van der Waals surface area contributed by atoms with Crippen LogP contribution in [-0.4, -0.2) is 15.2 Å². The van der Waals surface area contributed by atoms with Crippen LogP contribution in [0.4, 0.5) is 4.39 Å². The molecular formula is C20H13FN2O3. The molecule has 0 aliphatic heterocycles. The number of nitrogens with zero attached hydrogens (tertiary/aromatic N) is 2. The quantitative estimate of drug-likeness (QED) is 0.559. The molecule has 6 heteroatoms. The van der Waals surface area contributed by atoms with Crippen molar-refractivity contribution in [2.45, 2.75) is 0 Å². The van der Waals surface area contributed by atoms with E-state index in [1.54, 1.807) is 12.1 Å². The maximum atomic E-state index is 13.5. The molecule has 3 aromatic carbocycles. The first-order valence-corrected chi connectivity index (χ1v) is 7.85. The van der Waals surface area contributed by atoms with Crippen molar-refractivity contribution in [3.05, 3.63) is 78.6 Å². The van der Waals surface area contributed by atoms with Crippen LogP contribution < -0.4 is 4.74 Å². The van der Waals surface area contributed by atoms with Crippen molar-refractivity contribution >= 4 is 0 Å². The van der Waals surface area contributed by atoms with Gasteiger partial charge in [-0.2, -0.15) is 4.98 Å². The Morgan fingerprint density at radius 2 is 1.54 bits per heavy atom. The van der Waals surface area contributed by atoms with Crippen LogP contribution in [0.3, 0.4) is 0 Å². The summed E-state index contributed by atoms with van der Waals surface area (Å²) in [6, 6.07) is 20.6. The minimum atomic E-state index is -0.746. The van der Waals surface area contributed by atoms with Crippen molar-refractivity contribution in [1.82, 2.24) is 10.1 Å². The zero-order valence-corrected chi connectivity index (χ0v) is 13.5. The summed E-state index contributed by atoms with van der Waals surface area (Å²) in [5, 5.41) is 13.2. The minimum absolute atomic E-state index is 0.170. The predicted octanol–water partition coefficient (Wildman–Crippen LogP) is 5.04. The molecule has 0 atom stereocenters. The molecule has 0 aliphatic rings. The molecule has 0 fully saturated rings. The van der Waals surface area contributed by atoms with E-state index in [2.05, 4.69) is 10.1 Å². The summed E-state index contributed by atoms with van der Waals surface area (Å²) in [6.45, 7) is 0. The Kier molecular flexibility index (Phi) is 4.07. The van der Waals surface area contributed by atoms with Gasteiger partial charge in [-0.05, 0) is 54.6 Å². The summed E-state index contributed by atoms with van der Waals surface area (Å²) in [4.78, 5) is 4.27. The number of phenols is 1. The monoisotopic (exact) mass is 348 g/mol. The van der Waals surface area contributed by atoms with E-state index >= 15 is 0 Å². The van der Waals surface area contributed by atoms with Crippen LogP contribution >= 0.6 is 0 Å². The third-order valence-corrected chi connectivity index (χ3v) is 3.71. The van der Waals surface area contributed by atoms with Gasteiger partial charge in [-0.3, -0.25) is 0 Å². The van der Waals surface area contributed by atoms with Gasteiger partial charge in [-0.1, -0.05) is 23.4 Å². The number of benzene rings is 3. The number of hydrogen-bond donors (Lipinski definition) is 1. The van der Waals surface area contributed by atoms with E-state index in [-0.39, 0.29) is 5.89 Å². The van der Waals surface area contributed by atoms with Gasteiger partial charge >= 0.3 is 0 Å². The smallest absolute Gasteiger partial charge is 0.258 e. The number of aromatic nitrogens is 2. The molecule has 4 aromatic rings. The maximum absolute atomic E-state index is 13.5. The second kappa shape index (κ2) is 6.68. The number of para-hydroxylation sites is 1. The number of hydrogen-bond acceptors (Lipinski definition) is 5. The summed E-state index contributed by atoms with van der Waals surface area (Å²) >= 11 is 0. The first kappa shape index (κ1) is 15.8. The molecule has 0 saturated heterocycles. The third-order valence-electron chi connectivity index (χ3n) is 3.71. The Balaban J connectivity index is 1.55. The molecule has 0 amide bonds. The van der Waals surface area contributed by atoms with E-state index in [1.807, 2.05) is 42.5 Å². The molecule has 0 bridgehead atoms. The van der Waals surface area contributed by atoms with E-state index in [9.17, 15) is 9.50 Å². The normalized spacial score (nSPS) is 10.7. The molecule has 0 aliphatic carbocycles. The van der Waals surface area contributed by atoms with Crippen LogP contribution in [0, 0.1) is 5.82 Å². The van der Waals surface area contributed by atoms with Crippen LogP contribution in [0.2, 0.25) is 0 Å². The second-order valence-corrected chi connectivity index (χ2v) is 5.53. The van der Waals surface area contributed by atoms with Crippen molar-refractivity contribution in [3.63, 3.8) is 0 Å². The van der Waals surface area contributed by atoms with E-state index < -0.39 is 11.6 Å². The highest BCUT2D eigenvalue weighted by Crippen LogP contribution is 2.27. The lowest BCUT2D eigenvalue weighted by atomic mass is 10.2. The van der Waals surface area contributed by atoms with E-state index in [0.717, 1.165) is 17.4 Å². The Morgan fingerprint density at radius 1 is 0.846 bits per heavy atom. The third kappa shape index (κ3) is 3.25. The topological polar surface area (TPSA) is 68.4 Å². The molecule has 0 saturated carbocycles. The number of halogens is 1. The van der Waals surface area contributed by atoms with E-state index in [0.29, 0.717) is 17.1 Å². The predicted molar refractivity (Wildman–Crippen MR) is 93.3 cm³/mol. The van der Waals surface area contributed by atoms with Crippen molar-refractivity contribution in [3.8, 4) is 40.1 Å². The van der Waals surface area contributed by atoms with E-state index in [4.69, 9.17) is 9.26 Å². The Labute approximate surface area is 148 Å². The number of aromatic hydroxyl groups is 1. The molecular weight excluding hydrogens is 335 g/mol. The molecule has 0 unspecified atom stereocenters. The Morgan fingerprint density at radius 3 is 2.27 bits per heavy atom. The summed E-state index contributed by atoms with van der Waals surface area (Å²) in [7, 11) is 0. The molecule has 1 N–H and O–H groups in total. The largest absolute Gasteiger partial charge is 0.505 e. The van der Waals surface area contributed by atoms with Gasteiger partial charge in [0.05, 0.1) is 0 Å². The molecule has 1 heterocycles. The lowest BCUT2D eigenvalue weighted by Crippen LogP contribution is -1.85. The molecule has 0 spiro atoms. The van der Waals surface area contributed by atoms with Crippen LogP contribution in [0.5, 0.6) is 17.2 Å². The van der Waals surface area contributed by atoms with Gasteiger partial charge in [-0.15, -0.1) is 0 Å². The number of rotatable bonds is 4. The average Bonchev–Trinajstić information content (AvgIpc) is 3.16. The molecule has 5 nitrogen and oxygen atoms in total. The first-order valence-electron chi connectivity index (χ1n) is 7.85. The van der Waals surface area contributed by atoms with Crippen molar-refractivity contribution in [2.75, 3.05) is 0 Å². The lowest BCUT2D eigenvalue weighted by molar-refractivity contribution is 0.426. The summed E-state index contributed by atoms with van der Waals surface area (Å²) < 4.78 is 24.4. The fourth-order valence-electron chi connectivity index (χ4n) is 2.39. The van der Waals surface area contributed by atoms with Gasteiger partial charge < -0.3 is 14.4 Å². The highest BCUT2D eigenvalue weighted by atomic mass is 19.1. The molecule has 0 radical (unpaired) electrons. The molecule has 1 aromatic heterocycles. The van der Waals surface area contributed by atoms with Crippen LogP contribution in [0.1, 0.15) is 0 Å². The van der Waals surface area contributed by atoms with Gasteiger partial charge in [0.15, 0.2) is 11.6 Å². The molecule has 26 heavy (non-hydrogen) atoms.